The number of rotatable bonds is 4. The smallest absolute Gasteiger partial charge is 0.343 e. The van der Waals surface area contributed by atoms with Crippen molar-refractivity contribution in [1.82, 2.24) is 0 Å². The molecule has 1 N–H and O–H groups in total. The fraction of sp³-hybridized carbons (Fsp3) is 0.0625. The Bertz CT molecular complexity index is 717. The molecule has 0 amide bonds. The van der Waals surface area contributed by atoms with Crippen LogP contribution in [0.4, 0.5) is 0 Å². The van der Waals surface area contributed by atoms with Crippen LogP contribution < -0.4 is 0 Å². The van der Waals surface area contributed by atoms with E-state index in [9.17, 15) is 9.90 Å². The van der Waals surface area contributed by atoms with Crippen LogP contribution in [-0.2, 0) is 11.2 Å². The molecule has 1 aromatic carbocycles. The van der Waals surface area contributed by atoms with E-state index in [1.54, 1.807) is 35.3 Å². The van der Waals surface area contributed by atoms with Crippen LogP contribution in [0.2, 0.25) is 0 Å². The fourth-order valence-electron chi connectivity index (χ4n) is 1.92. The highest BCUT2D eigenvalue weighted by molar-refractivity contribution is 8.34. The summed E-state index contributed by atoms with van der Waals surface area (Å²) in [5.41, 5.74) is 1.13. The van der Waals surface area contributed by atoms with Gasteiger partial charge in [-0.1, -0.05) is 90.0 Å². The molecule has 0 saturated carbocycles. The number of hydrogen-bond acceptors (Lipinski definition) is 5. The monoisotopic (exact) mass is 364 g/mol. The molecule has 0 unspecified atom stereocenters. The first kappa shape index (κ1) is 15.9. The number of benzene rings is 1. The van der Waals surface area contributed by atoms with Crippen molar-refractivity contribution < 1.29 is 9.90 Å². The van der Waals surface area contributed by atoms with Crippen molar-refractivity contribution in [3.05, 3.63) is 77.1 Å². The second-order valence-electron chi connectivity index (χ2n) is 4.44. The molecule has 0 spiro atoms. The highest BCUT2D eigenvalue weighted by atomic mass is 32.2. The van der Waals surface area contributed by atoms with Gasteiger partial charge in [-0.15, -0.1) is 0 Å². The Balaban J connectivity index is 1.82. The molecule has 0 fully saturated rings. The van der Waals surface area contributed by atoms with Crippen LogP contribution in [0, 0.1) is 0 Å². The third-order valence-corrected chi connectivity index (χ3v) is 8.46. The van der Waals surface area contributed by atoms with E-state index < -0.39 is 5.97 Å². The van der Waals surface area contributed by atoms with Gasteiger partial charge >= 0.3 is 5.97 Å². The summed E-state index contributed by atoms with van der Waals surface area (Å²) >= 11 is 6.25. The largest absolute Gasteiger partial charge is 0.477 e. The molecule has 2 aliphatic rings. The number of hydrogen-bond donors (Lipinski definition) is 1. The predicted octanol–water partition coefficient (Wildman–Crippen LogP) is 5.64. The first-order valence-corrected chi connectivity index (χ1v) is 9.77. The van der Waals surface area contributed by atoms with E-state index in [0.717, 1.165) is 23.8 Å². The first-order valence-electron chi connectivity index (χ1n) is 6.45. The zero-order valence-corrected chi connectivity index (χ0v) is 14.7. The lowest BCUT2D eigenvalue weighted by Crippen LogP contribution is -1.98. The minimum atomic E-state index is -0.844. The Morgan fingerprint density at radius 2 is 1.91 bits per heavy atom. The second-order valence-corrected chi connectivity index (χ2v) is 9.05. The van der Waals surface area contributed by atoms with Gasteiger partial charge in [0.15, 0.2) is 0 Å². The zero-order valence-electron chi connectivity index (χ0n) is 11.4. The molecular weight excluding hydrogens is 352 g/mol. The first-order chi connectivity index (χ1) is 10.7. The molecule has 0 atom stereocenters. The van der Waals surface area contributed by atoms with Gasteiger partial charge in [-0.25, -0.2) is 4.79 Å². The van der Waals surface area contributed by atoms with Gasteiger partial charge in [-0.2, -0.15) is 0 Å². The van der Waals surface area contributed by atoms with Crippen LogP contribution in [0.25, 0.3) is 0 Å². The molecule has 22 heavy (non-hydrogen) atoms. The van der Waals surface area contributed by atoms with Gasteiger partial charge in [0.1, 0.15) is 4.91 Å². The Morgan fingerprint density at radius 1 is 1.14 bits per heavy atom. The normalized spacial score (nSPS) is 21.2. The molecule has 2 heterocycles. The van der Waals surface area contributed by atoms with Gasteiger partial charge in [0.05, 0.1) is 8.47 Å². The third-order valence-electron chi connectivity index (χ3n) is 2.93. The lowest BCUT2D eigenvalue weighted by atomic mass is 10.1. The van der Waals surface area contributed by atoms with Crippen molar-refractivity contribution in [3.63, 3.8) is 0 Å². The van der Waals surface area contributed by atoms with Crippen molar-refractivity contribution in [2.24, 2.45) is 0 Å². The van der Waals surface area contributed by atoms with E-state index in [2.05, 4.69) is 12.0 Å². The summed E-state index contributed by atoms with van der Waals surface area (Å²) in [4.78, 5) is 14.0. The topological polar surface area (TPSA) is 37.3 Å². The second kappa shape index (κ2) is 7.08. The van der Waals surface area contributed by atoms with E-state index in [-0.39, 0.29) is 0 Å². The average Bonchev–Trinajstić information content (AvgIpc) is 3.14. The van der Waals surface area contributed by atoms with Crippen molar-refractivity contribution in [1.29, 1.82) is 0 Å². The molecule has 0 bridgehead atoms. The van der Waals surface area contributed by atoms with E-state index >= 15 is 0 Å². The van der Waals surface area contributed by atoms with E-state index in [1.807, 2.05) is 36.4 Å². The minimum Gasteiger partial charge on any atom is -0.477 e. The summed E-state index contributed by atoms with van der Waals surface area (Å²) in [6.07, 6.45) is 2.49. The number of carboxylic acids is 1. The van der Waals surface area contributed by atoms with Gasteiger partial charge in [0.25, 0.3) is 0 Å². The van der Waals surface area contributed by atoms with Crippen LogP contribution in [0.3, 0.4) is 0 Å². The molecule has 0 aliphatic carbocycles. The standard InChI is InChI=1S/C16H12O2S4/c1-2-11-9-19-15(20-11)16-21-12(13(22-16)14(17)18)8-10-6-4-3-5-7-10/h2-7,9H,1,8H2,(H,17,18). The van der Waals surface area contributed by atoms with Crippen LogP contribution in [0.15, 0.2) is 71.6 Å². The molecular formula is C16H12O2S4. The van der Waals surface area contributed by atoms with Gasteiger partial charge in [0.2, 0.25) is 0 Å². The molecule has 1 aromatic rings. The van der Waals surface area contributed by atoms with Crippen LogP contribution in [-0.4, -0.2) is 11.1 Å². The number of allylic oxidation sites excluding steroid dienone is 2. The molecule has 112 valence electrons. The number of carbonyl (C=O) groups is 1. The van der Waals surface area contributed by atoms with Crippen LogP contribution >= 0.6 is 47.0 Å². The van der Waals surface area contributed by atoms with Gasteiger partial charge in [-0.05, 0) is 11.0 Å². The number of thioether (sulfide) groups is 4. The molecule has 0 saturated heterocycles. The van der Waals surface area contributed by atoms with Gasteiger partial charge in [0, 0.05) is 16.2 Å². The Kier molecular flexibility index (Phi) is 5.13. The van der Waals surface area contributed by atoms with Crippen molar-refractivity contribution >= 4 is 53.0 Å². The summed E-state index contributed by atoms with van der Waals surface area (Å²) in [5.74, 6) is -0.844. The molecule has 3 rings (SSSR count). The summed E-state index contributed by atoms with van der Waals surface area (Å²) in [6.45, 7) is 3.77. The molecule has 6 heteroatoms. The van der Waals surface area contributed by atoms with Crippen LogP contribution in [0.5, 0.6) is 0 Å². The number of aliphatic carboxylic acids is 1. The zero-order chi connectivity index (χ0) is 15.5. The quantitative estimate of drug-likeness (QED) is 0.745. The maximum Gasteiger partial charge on any atom is 0.343 e. The Hall–Kier alpha value is -0.950. The minimum absolute atomic E-state index is 0.449. The molecule has 2 nitrogen and oxygen atoms in total. The maximum absolute atomic E-state index is 11.5. The summed E-state index contributed by atoms with van der Waals surface area (Å²) < 4.78 is 2.21. The molecule has 0 aromatic heterocycles. The third kappa shape index (κ3) is 3.51. The maximum atomic E-state index is 11.5. The summed E-state index contributed by atoms with van der Waals surface area (Å²) in [5, 5.41) is 11.5. The number of carboxylic acid groups (broad SMARTS) is 1. The predicted molar refractivity (Wildman–Crippen MR) is 100 cm³/mol. The van der Waals surface area contributed by atoms with Crippen LogP contribution in [0.1, 0.15) is 5.56 Å². The SMILES string of the molecule is C=CC1=CSC(=C2SC(Cc3ccccc3)=C(C(=O)O)S2)S1. The molecule has 0 radical (unpaired) electrons. The fourth-order valence-corrected chi connectivity index (χ4v) is 6.95. The van der Waals surface area contributed by atoms with Crippen molar-refractivity contribution in [2.75, 3.05) is 0 Å². The lowest BCUT2D eigenvalue weighted by Gasteiger charge is -2.03. The Labute approximate surface area is 146 Å². The van der Waals surface area contributed by atoms with Crippen molar-refractivity contribution in [3.8, 4) is 0 Å². The van der Waals surface area contributed by atoms with Crippen molar-refractivity contribution in [2.45, 2.75) is 6.42 Å². The van der Waals surface area contributed by atoms with E-state index in [0.29, 0.717) is 11.3 Å². The summed E-state index contributed by atoms with van der Waals surface area (Å²) in [6, 6.07) is 9.98. The Morgan fingerprint density at radius 3 is 2.55 bits per heavy atom. The van der Waals surface area contributed by atoms with Gasteiger partial charge in [-0.3, -0.25) is 0 Å². The van der Waals surface area contributed by atoms with Gasteiger partial charge < -0.3 is 5.11 Å². The average molecular weight is 365 g/mol. The van der Waals surface area contributed by atoms with E-state index in [1.165, 1.54) is 11.8 Å². The van der Waals surface area contributed by atoms with E-state index in [4.69, 9.17) is 0 Å². The lowest BCUT2D eigenvalue weighted by molar-refractivity contribution is -0.131. The highest BCUT2D eigenvalue weighted by Gasteiger charge is 2.29. The highest BCUT2D eigenvalue weighted by Crippen LogP contribution is 2.58. The molecule has 2 aliphatic heterocycles. The summed E-state index contributed by atoms with van der Waals surface area (Å²) in [7, 11) is 0.